The number of hydrogen-bond donors (Lipinski definition) is 1. The summed E-state index contributed by atoms with van der Waals surface area (Å²) >= 11 is 6.05. The van der Waals surface area contributed by atoms with Crippen LogP contribution in [0.1, 0.15) is 12.5 Å². The molecule has 1 aromatic rings. The average Bonchev–Trinajstić information content (AvgIpc) is 2.23. The van der Waals surface area contributed by atoms with Crippen molar-refractivity contribution in [3.05, 3.63) is 41.4 Å². The summed E-state index contributed by atoms with van der Waals surface area (Å²) in [5.41, 5.74) is 1.14. The minimum atomic E-state index is 0.633. The maximum absolute atomic E-state index is 6.05. The van der Waals surface area contributed by atoms with E-state index in [0.717, 1.165) is 24.4 Å². The zero-order valence-corrected chi connectivity index (χ0v) is 9.68. The number of nitrogens with one attached hydrogen (secondary N) is 1. The van der Waals surface area contributed by atoms with E-state index >= 15 is 0 Å². The van der Waals surface area contributed by atoms with Gasteiger partial charge in [-0.15, -0.1) is 6.58 Å². The van der Waals surface area contributed by atoms with Crippen molar-refractivity contribution in [1.29, 1.82) is 0 Å². The Labute approximate surface area is 95.9 Å². The predicted molar refractivity (Wildman–Crippen MR) is 64.5 cm³/mol. The molecule has 0 aliphatic rings. The van der Waals surface area contributed by atoms with Crippen molar-refractivity contribution in [2.45, 2.75) is 13.5 Å². The van der Waals surface area contributed by atoms with Crippen LogP contribution < -0.4 is 10.1 Å². The molecule has 0 bridgehead atoms. The normalized spacial score (nSPS) is 10.0. The molecule has 0 aliphatic carbocycles. The highest BCUT2D eigenvalue weighted by molar-refractivity contribution is 6.32. The van der Waals surface area contributed by atoms with E-state index in [1.807, 2.05) is 31.2 Å². The van der Waals surface area contributed by atoms with Gasteiger partial charge in [-0.05, 0) is 24.6 Å². The molecule has 15 heavy (non-hydrogen) atoms. The van der Waals surface area contributed by atoms with Crippen LogP contribution in [-0.4, -0.2) is 13.2 Å². The van der Waals surface area contributed by atoms with Gasteiger partial charge in [-0.1, -0.05) is 23.7 Å². The fraction of sp³-hybridized carbons (Fsp3) is 0.333. The Morgan fingerprint density at radius 1 is 1.53 bits per heavy atom. The molecule has 1 aromatic carbocycles. The van der Waals surface area contributed by atoms with Crippen LogP contribution in [0.2, 0.25) is 5.02 Å². The average molecular weight is 226 g/mol. The van der Waals surface area contributed by atoms with Crippen LogP contribution in [0, 0.1) is 0 Å². The van der Waals surface area contributed by atoms with Crippen LogP contribution >= 0.6 is 11.6 Å². The second-order valence-corrected chi connectivity index (χ2v) is 3.52. The van der Waals surface area contributed by atoms with Crippen molar-refractivity contribution in [3.8, 4) is 5.75 Å². The maximum atomic E-state index is 6.05. The van der Waals surface area contributed by atoms with Crippen LogP contribution in [0.3, 0.4) is 0 Å². The van der Waals surface area contributed by atoms with E-state index in [0.29, 0.717) is 11.6 Å². The summed E-state index contributed by atoms with van der Waals surface area (Å²) in [6.07, 6.45) is 1.83. The zero-order valence-electron chi connectivity index (χ0n) is 8.92. The molecule has 0 aliphatic heterocycles. The first-order valence-corrected chi connectivity index (χ1v) is 5.38. The molecule has 82 valence electrons. The highest BCUT2D eigenvalue weighted by Gasteiger charge is 2.01. The van der Waals surface area contributed by atoms with Crippen LogP contribution in [0.25, 0.3) is 0 Å². The second kappa shape index (κ2) is 6.49. The fourth-order valence-electron chi connectivity index (χ4n) is 1.25. The van der Waals surface area contributed by atoms with Crippen molar-refractivity contribution in [2.24, 2.45) is 0 Å². The van der Waals surface area contributed by atoms with Crippen molar-refractivity contribution >= 4 is 11.6 Å². The smallest absolute Gasteiger partial charge is 0.137 e. The lowest BCUT2D eigenvalue weighted by Gasteiger charge is -2.07. The Morgan fingerprint density at radius 3 is 2.93 bits per heavy atom. The Kier molecular flexibility index (Phi) is 5.22. The van der Waals surface area contributed by atoms with Gasteiger partial charge in [0.05, 0.1) is 11.6 Å². The van der Waals surface area contributed by atoms with E-state index in [9.17, 15) is 0 Å². The van der Waals surface area contributed by atoms with Gasteiger partial charge in [0.15, 0.2) is 0 Å². The SMILES string of the molecule is C=CCNCc1ccc(OCC)c(Cl)c1. The molecule has 0 atom stereocenters. The molecule has 0 aromatic heterocycles. The van der Waals surface area contributed by atoms with Gasteiger partial charge in [-0.2, -0.15) is 0 Å². The summed E-state index contributed by atoms with van der Waals surface area (Å²) in [6.45, 7) is 7.80. The summed E-state index contributed by atoms with van der Waals surface area (Å²) in [7, 11) is 0. The first-order valence-electron chi connectivity index (χ1n) is 5.00. The number of halogens is 1. The molecule has 1 N–H and O–H groups in total. The third-order valence-corrected chi connectivity index (χ3v) is 2.21. The standard InChI is InChI=1S/C12H16ClNO/c1-3-7-14-9-10-5-6-12(15-4-2)11(13)8-10/h3,5-6,8,14H,1,4,7,9H2,2H3. The molecule has 0 fully saturated rings. The molecular weight excluding hydrogens is 210 g/mol. The van der Waals surface area contributed by atoms with Gasteiger partial charge in [0.2, 0.25) is 0 Å². The third kappa shape index (κ3) is 3.94. The van der Waals surface area contributed by atoms with Gasteiger partial charge in [0.1, 0.15) is 5.75 Å². The maximum Gasteiger partial charge on any atom is 0.137 e. The predicted octanol–water partition coefficient (Wildman–Crippen LogP) is 3.01. The third-order valence-electron chi connectivity index (χ3n) is 1.91. The van der Waals surface area contributed by atoms with Crippen LogP contribution in [0.5, 0.6) is 5.75 Å². The second-order valence-electron chi connectivity index (χ2n) is 3.12. The minimum absolute atomic E-state index is 0.633. The molecule has 0 unspecified atom stereocenters. The Hall–Kier alpha value is -0.990. The molecule has 0 amide bonds. The van der Waals surface area contributed by atoms with E-state index in [1.54, 1.807) is 0 Å². The number of benzene rings is 1. The van der Waals surface area contributed by atoms with Crippen molar-refractivity contribution in [3.63, 3.8) is 0 Å². The largest absolute Gasteiger partial charge is 0.492 e. The van der Waals surface area contributed by atoms with Crippen LogP contribution in [0.4, 0.5) is 0 Å². The van der Waals surface area contributed by atoms with E-state index in [2.05, 4.69) is 11.9 Å². The number of ether oxygens (including phenoxy) is 1. The topological polar surface area (TPSA) is 21.3 Å². The Morgan fingerprint density at radius 2 is 2.33 bits per heavy atom. The highest BCUT2D eigenvalue weighted by atomic mass is 35.5. The van der Waals surface area contributed by atoms with Gasteiger partial charge in [0.25, 0.3) is 0 Å². The lowest BCUT2D eigenvalue weighted by Crippen LogP contribution is -2.12. The van der Waals surface area contributed by atoms with Crippen molar-refractivity contribution in [1.82, 2.24) is 5.32 Å². The molecule has 1 rings (SSSR count). The molecule has 0 saturated heterocycles. The Bertz CT molecular complexity index is 325. The van der Waals surface area contributed by atoms with Crippen molar-refractivity contribution < 1.29 is 4.74 Å². The van der Waals surface area contributed by atoms with Gasteiger partial charge in [-0.25, -0.2) is 0 Å². The van der Waals surface area contributed by atoms with E-state index in [-0.39, 0.29) is 0 Å². The zero-order chi connectivity index (χ0) is 11.1. The molecule has 2 nitrogen and oxygen atoms in total. The summed E-state index contributed by atoms with van der Waals surface area (Å²) < 4.78 is 5.35. The molecular formula is C12H16ClNO. The lowest BCUT2D eigenvalue weighted by atomic mass is 10.2. The summed E-state index contributed by atoms with van der Waals surface area (Å²) in [4.78, 5) is 0. The molecule has 0 radical (unpaired) electrons. The van der Waals surface area contributed by atoms with Gasteiger partial charge in [-0.3, -0.25) is 0 Å². The van der Waals surface area contributed by atoms with Crippen LogP contribution in [0.15, 0.2) is 30.9 Å². The lowest BCUT2D eigenvalue weighted by molar-refractivity contribution is 0.340. The van der Waals surface area contributed by atoms with Crippen LogP contribution in [-0.2, 0) is 6.54 Å². The quantitative estimate of drug-likeness (QED) is 0.594. The van der Waals surface area contributed by atoms with E-state index in [1.165, 1.54) is 0 Å². The summed E-state index contributed by atoms with van der Waals surface area (Å²) in [5, 5.41) is 3.87. The molecule has 0 heterocycles. The molecule has 3 heteroatoms. The van der Waals surface area contributed by atoms with Gasteiger partial charge >= 0.3 is 0 Å². The molecule has 0 spiro atoms. The first kappa shape index (κ1) is 12.1. The monoisotopic (exact) mass is 225 g/mol. The van der Waals surface area contributed by atoms with E-state index < -0.39 is 0 Å². The Balaban J connectivity index is 2.60. The minimum Gasteiger partial charge on any atom is -0.492 e. The fourth-order valence-corrected chi connectivity index (χ4v) is 1.50. The van der Waals surface area contributed by atoms with Gasteiger partial charge in [0, 0.05) is 13.1 Å². The highest BCUT2D eigenvalue weighted by Crippen LogP contribution is 2.25. The summed E-state index contributed by atoms with van der Waals surface area (Å²) in [6, 6.07) is 5.83. The summed E-state index contributed by atoms with van der Waals surface area (Å²) in [5.74, 6) is 0.742. The van der Waals surface area contributed by atoms with Gasteiger partial charge < -0.3 is 10.1 Å². The number of rotatable bonds is 6. The molecule has 0 saturated carbocycles. The first-order chi connectivity index (χ1) is 7.27. The number of hydrogen-bond acceptors (Lipinski definition) is 2. The van der Waals surface area contributed by atoms with E-state index in [4.69, 9.17) is 16.3 Å². The van der Waals surface area contributed by atoms with Crippen molar-refractivity contribution in [2.75, 3.05) is 13.2 Å².